The number of quaternary nitrogens is 1. The Balaban J connectivity index is 1.46. The Morgan fingerprint density at radius 1 is 1.10 bits per heavy atom. The molecule has 1 amide bonds. The number of amides is 1. The van der Waals surface area contributed by atoms with Crippen LogP contribution in [-0.2, 0) is 26.1 Å². The minimum atomic E-state index is -3.48. The summed E-state index contributed by atoms with van der Waals surface area (Å²) in [6.07, 6.45) is 0.862. The maximum absolute atomic E-state index is 12.4. The molecule has 0 aliphatic carbocycles. The number of nitrogens with one attached hydrogen (secondary N) is 2. The van der Waals surface area contributed by atoms with Crippen molar-refractivity contribution >= 4 is 27.3 Å². The van der Waals surface area contributed by atoms with E-state index in [2.05, 4.69) is 5.32 Å². The van der Waals surface area contributed by atoms with Gasteiger partial charge in [-0.05, 0) is 23.8 Å². The molecule has 3 rings (SSSR count). The second-order valence-corrected chi connectivity index (χ2v) is 9.58. The Morgan fingerprint density at radius 2 is 1.86 bits per heavy atom. The van der Waals surface area contributed by atoms with E-state index in [1.807, 2.05) is 0 Å². The zero-order chi connectivity index (χ0) is 20.7. The highest BCUT2D eigenvalue weighted by Crippen LogP contribution is 2.20. The molecule has 7 nitrogen and oxygen atoms in total. The second kappa shape index (κ2) is 10.2. The quantitative estimate of drug-likeness (QED) is 0.568. The lowest BCUT2D eigenvalue weighted by atomic mass is 10.2. The van der Waals surface area contributed by atoms with Gasteiger partial charge < -0.3 is 19.4 Å². The normalized spacial score (nSPS) is 15.3. The standard InChI is InChI=1S/C20H25ClN2O5S/c21-18-5-2-1-4-16(18)14-29(25,26)15-17-6-7-19(28-17)20(24)22-8-3-9-23-10-12-27-13-11-23/h1-2,4-7H,3,8-15H2,(H,22,24)/p+1. The largest absolute Gasteiger partial charge is 0.455 e. The third kappa shape index (κ3) is 6.85. The van der Waals surface area contributed by atoms with Gasteiger partial charge in [-0.25, -0.2) is 8.42 Å². The summed E-state index contributed by atoms with van der Waals surface area (Å²) in [7, 11) is -3.48. The number of sulfone groups is 1. The molecular formula is C20H26ClN2O5S+. The van der Waals surface area contributed by atoms with Gasteiger partial charge in [-0.1, -0.05) is 29.8 Å². The van der Waals surface area contributed by atoms with Gasteiger partial charge in [0.2, 0.25) is 0 Å². The fraction of sp³-hybridized carbons (Fsp3) is 0.450. The SMILES string of the molecule is O=C(NCCC[NH+]1CCOCC1)c1ccc(CS(=O)(=O)Cc2ccccc2Cl)o1. The molecule has 1 saturated heterocycles. The van der Waals surface area contributed by atoms with Crippen molar-refractivity contribution in [2.24, 2.45) is 0 Å². The highest BCUT2D eigenvalue weighted by molar-refractivity contribution is 7.89. The van der Waals surface area contributed by atoms with E-state index in [-0.39, 0.29) is 28.9 Å². The fourth-order valence-electron chi connectivity index (χ4n) is 3.24. The number of furan rings is 1. The maximum Gasteiger partial charge on any atom is 0.286 e. The number of halogens is 1. The fourth-order valence-corrected chi connectivity index (χ4v) is 4.93. The van der Waals surface area contributed by atoms with Gasteiger partial charge in [0.15, 0.2) is 15.6 Å². The summed E-state index contributed by atoms with van der Waals surface area (Å²) in [4.78, 5) is 13.7. The highest BCUT2D eigenvalue weighted by Gasteiger charge is 2.19. The van der Waals surface area contributed by atoms with Crippen LogP contribution in [0.2, 0.25) is 5.02 Å². The predicted molar refractivity (Wildman–Crippen MR) is 110 cm³/mol. The molecule has 2 N–H and O–H groups in total. The number of benzene rings is 1. The summed E-state index contributed by atoms with van der Waals surface area (Å²) in [6.45, 7) is 5.10. The molecule has 0 radical (unpaired) electrons. The summed E-state index contributed by atoms with van der Waals surface area (Å²) >= 11 is 6.04. The van der Waals surface area contributed by atoms with Gasteiger partial charge in [-0.3, -0.25) is 4.79 Å². The molecule has 2 aromatic rings. The lowest BCUT2D eigenvalue weighted by molar-refractivity contribution is -0.908. The van der Waals surface area contributed by atoms with Crippen LogP contribution in [0.4, 0.5) is 0 Å². The molecule has 1 fully saturated rings. The number of hydrogen-bond acceptors (Lipinski definition) is 5. The van der Waals surface area contributed by atoms with Crippen LogP contribution >= 0.6 is 11.6 Å². The van der Waals surface area contributed by atoms with Crippen LogP contribution in [0.3, 0.4) is 0 Å². The van der Waals surface area contributed by atoms with Crippen LogP contribution in [0.1, 0.15) is 28.3 Å². The van der Waals surface area contributed by atoms with Crippen molar-refractivity contribution < 1.29 is 27.3 Å². The van der Waals surface area contributed by atoms with Gasteiger partial charge >= 0.3 is 0 Å². The zero-order valence-corrected chi connectivity index (χ0v) is 17.7. The smallest absolute Gasteiger partial charge is 0.286 e. The first-order chi connectivity index (χ1) is 13.9. The van der Waals surface area contributed by atoms with E-state index in [1.165, 1.54) is 17.0 Å². The number of rotatable bonds is 9. The lowest BCUT2D eigenvalue weighted by Gasteiger charge is -2.23. The van der Waals surface area contributed by atoms with E-state index in [9.17, 15) is 13.2 Å². The number of morpholine rings is 1. The van der Waals surface area contributed by atoms with E-state index in [1.54, 1.807) is 24.3 Å². The second-order valence-electron chi connectivity index (χ2n) is 7.11. The molecule has 0 spiro atoms. The Hall–Kier alpha value is -1.87. The third-order valence-electron chi connectivity index (χ3n) is 4.77. The summed E-state index contributed by atoms with van der Waals surface area (Å²) in [5.41, 5.74) is 0.543. The minimum Gasteiger partial charge on any atom is -0.455 e. The van der Waals surface area contributed by atoms with Gasteiger partial charge in [0, 0.05) is 18.0 Å². The van der Waals surface area contributed by atoms with E-state index in [0.29, 0.717) is 17.1 Å². The Kier molecular flexibility index (Phi) is 7.71. The average Bonchev–Trinajstić information content (AvgIpc) is 3.15. The van der Waals surface area contributed by atoms with Crippen molar-refractivity contribution in [3.63, 3.8) is 0 Å². The Bertz CT molecular complexity index is 922. The molecule has 0 unspecified atom stereocenters. The van der Waals surface area contributed by atoms with Crippen molar-refractivity contribution in [3.8, 4) is 0 Å². The molecule has 0 bridgehead atoms. The van der Waals surface area contributed by atoms with Gasteiger partial charge in [-0.2, -0.15) is 0 Å². The predicted octanol–water partition coefficient (Wildman–Crippen LogP) is 1.08. The minimum absolute atomic E-state index is 0.117. The first kappa shape index (κ1) is 21.8. The van der Waals surface area contributed by atoms with E-state index in [4.69, 9.17) is 20.8 Å². The lowest BCUT2D eigenvalue weighted by Crippen LogP contribution is -3.14. The number of carbonyl (C=O) groups excluding carboxylic acids is 1. The first-order valence-corrected chi connectivity index (χ1v) is 11.8. The Morgan fingerprint density at radius 3 is 2.62 bits per heavy atom. The van der Waals surface area contributed by atoms with Crippen molar-refractivity contribution in [2.75, 3.05) is 39.4 Å². The van der Waals surface area contributed by atoms with E-state index in [0.717, 1.165) is 39.3 Å². The summed E-state index contributed by atoms with van der Waals surface area (Å²) in [6, 6.07) is 9.85. The molecule has 158 valence electrons. The molecular weight excluding hydrogens is 416 g/mol. The van der Waals surface area contributed by atoms with Crippen LogP contribution in [0.25, 0.3) is 0 Å². The molecule has 29 heavy (non-hydrogen) atoms. The molecule has 1 aliphatic rings. The van der Waals surface area contributed by atoms with Gasteiger partial charge in [-0.15, -0.1) is 0 Å². The van der Waals surface area contributed by atoms with Crippen LogP contribution < -0.4 is 10.2 Å². The topological polar surface area (TPSA) is 90.0 Å². The molecule has 1 aromatic carbocycles. The Labute approximate surface area is 175 Å². The van der Waals surface area contributed by atoms with Crippen molar-refractivity contribution in [2.45, 2.75) is 17.9 Å². The van der Waals surface area contributed by atoms with Crippen molar-refractivity contribution in [1.82, 2.24) is 5.32 Å². The number of carbonyl (C=O) groups is 1. The molecule has 1 aromatic heterocycles. The summed E-state index contributed by atoms with van der Waals surface area (Å²) < 4.78 is 35.6. The number of ether oxygens (including phenoxy) is 1. The maximum atomic E-state index is 12.4. The van der Waals surface area contributed by atoms with Crippen molar-refractivity contribution in [3.05, 3.63) is 58.5 Å². The van der Waals surface area contributed by atoms with Crippen LogP contribution in [0, 0.1) is 0 Å². The van der Waals surface area contributed by atoms with Crippen molar-refractivity contribution in [1.29, 1.82) is 0 Å². The molecule has 9 heteroatoms. The van der Waals surface area contributed by atoms with Crippen LogP contribution in [0.15, 0.2) is 40.8 Å². The average molecular weight is 442 g/mol. The molecule has 2 heterocycles. The van der Waals surface area contributed by atoms with E-state index < -0.39 is 9.84 Å². The summed E-state index contributed by atoms with van der Waals surface area (Å²) in [5.74, 6) is -0.451. The molecule has 0 saturated carbocycles. The van der Waals surface area contributed by atoms with Gasteiger partial charge in [0.05, 0.1) is 25.5 Å². The van der Waals surface area contributed by atoms with Crippen LogP contribution in [-0.4, -0.2) is 53.7 Å². The zero-order valence-electron chi connectivity index (χ0n) is 16.2. The third-order valence-corrected chi connectivity index (χ3v) is 6.62. The molecule has 0 atom stereocenters. The number of hydrogen-bond donors (Lipinski definition) is 2. The monoisotopic (exact) mass is 441 g/mol. The van der Waals surface area contributed by atoms with E-state index >= 15 is 0 Å². The van der Waals surface area contributed by atoms with Gasteiger partial charge in [0.1, 0.15) is 24.6 Å². The van der Waals surface area contributed by atoms with Crippen LogP contribution in [0.5, 0.6) is 0 Å². The summed E-state index contributed by atoms with van der Waals surface area (Å²) in [5, 5.41) is 3.23. The molecule has 1 aliphatic heterocycles. The first-order valence-electron chi connectivity index (χ1n) is 9.65. The highest BCUT2D eigenvalue weighted by atomic mass is 35.5. The van der Waals surface area contributed by atoms with Gasteiger partial charge in [0.25, 0.3) is 5.91 Å².